The maximum atomic E-state index is 9.55. The van der Waals surface area contributed by atoms with Gasteiger partial charge in [-0.2, -0.15) is 25.3 Å². The summed E-state index contributed by atoms with van der Waals surface area (Å²) in [6, 6.07) is 14.4. The van der Waals surface area contributed by atoms with Gasteiger partial charge in [0.25, 0.3) is 0 Å². The molecular weight excluding hydrogens is 412 g/mol. The van der Waals surface area contributed by atoms with Crippen LogP contribution in [0.25, 0.3) is 0 Å². The predicted molar refractivity (Wildman–Crippen MR) is 121 cm³/mol. The molecule has 8 heteroatoms. The molecule has 2 aromatic carbocycles. The van der Waals surface area contributed by atoms with Crippen molar-refractivity contribution in [2.45, 2.75) is 32.1 Å². The highest BCUT2D eigenvalue weighted by Crippen LogP contribution is 2.32. The van der Waals surface area contributed by atoms with E-state index in [9.17, 15) is 19.8 Å². The van der Waals surface area contributed by atoms with E-state index in [0.29, 0.717) is 11.5 Å². The second kappa shape index (κ2) is 13.8. The highest BCUT2D eigenvalue weighted by Gasteiger charge is 2.22. The van der Waals surface area contributed by atoms with Crippen molar-refractivity contribution in [1.29, 1.82) is 0 Å². The van der Waals surface area contributed by atoms with Crippen molar-refractivity contribution < 1.29 is 30.0 Å². The maximum absolute atomic E-state index is 9.55. The van der Waals surface area contributed by atoms with Crippen LogP contribution in [0, 0.1) is 0 Å². The first-order chi connectivity index (χ1) is 13.5. The van der Waals surface area contributed by atoms with Crippen LogP contribution >= 0.6 is 25.3 Å². The first kappa shape index (κ1) is 26.7. The van der Waals surface area contributed by atoms with Crippen LogP contribution in [0.15, 0.2) is 48.5 Å². The Morgan fingerprint density at radius 2 is 1.00 bits per heavy atom. The zero-order valence-corrected chi connectivity index (χ0v) is 18.2. The van der Waals surface area contributed by atoms with Gasteiger partial charge in [-0.25, -0.2) is 0 Å². The summed E-state index contributed by atoms with van der Waals surface area (Å²) in [5, 5.41) is 34.3. The lowest BCUT2D eigenvalue weighted by Gasteiger charge is -2.26. The summed E-state index contributed by atoms with van der Waals surface area (Å²) < 4.78 is 0. The Bertz CT molecular complexity index is 679. The topological polar surface area (TPSA) is 115 Å². The molecule has 0 saturated carbocycles. The Balaban J connectivity index is 0.000000542. The van der Waals surface area contributed by atoms with E-state index in [1.807, 2.05) is 24.3 Å². The minimum atomic E-state index is -0.787. The number of carbonyl (C=O) groups is 2. The minimum Gasteiger partial charge on any atom is -0.508 e. The average Bonchev–Trinajstić information content (AvgIpc) is 2.63. The molecule has 4 N–H and O–H groups in total. The fourth-order valence-corrected chi connectivity index (χ4v) is 2.50. The molecule has 2 aromatic rings. The van der Waals surface area contributed by atoms with Gasteiger partial charge >= 0.3 is 11.9 Å². The summed E-state index contributed by atoms with van der Waals surface area (Å²) in [5.41, 5.74) is 2.10. The van der Waals surface area contributed by atoms with Crippen molar-refractivity contribution in [3.05, 3.63) is 59.7 Å². The van der Waals surface area contributed by atoms with E-state index in [1.54, 1.807) is 24.3 Å². The number of phenolic OH excluding ortho intramolecular Hbond substituents is 2. The fourth-order valence-electron chi connectivity index (χ4n) is 2.11. The van der Waals surface area contributed by atoms with E-state index in [-0.39, 0.29) is 29.8 Å². The molecule has 0 aliphatic rings. The molecule has 2 rings (SSSR count). The van der Waals surface area contributed by atoms with Crippen molar-refractivity contribution in [2.75, 3.05) is 11.5 Å². The Kier molecular flexibility index (Phi) is 12.7. The van der Waals surface area contributed by atoms with Crippen LogP contribution in [0.3, 0.4) is 0 Å². The van der Waals surface area contributed by atoms with Gasteiger partial charge in [0.2, 0.25) is 0 Å². The Labute approximate surface area is 182 Å². The van der Waals surface area contributed by atoms with E-state index < -0.39 is 11.9 Å². The number of carboxylic acid groups (broad SMARTS) is 2. The third-order valence-electron chi connectivity index (χ3n) is 3.83. The van der Waals surface area contributed by atoms with Crippen molar-refractivity contribution >= 4 is 37.2 Å². The van der Waals surface area contributed by atoms with Gasteiger partial charge in [0.05, 0.1) is 12.8 Å². The summed E-state index contributed by atoms with van der Waals surface area (Å²) in [5.74, 6) is -0.175. The van der Waals surface area contributed by atoms with Gasteiger partial charge < -0.3 is 20.4 Å². The predicted octanol–water partition coefficient (Wildman–Crippen LogP) is 4.21. The number of thiol groups is 2. The van der Waals surface area contributed by atoms with E-state index in [4.69, 9.17) is 10.2 Å². The SMILES string of the molecule is CC(C)(c1ccc(O)cc1)c1ccc(O)cc1.O=C(O)CCS.O=C(O)CCS. The van der Waals surface area contributed by atoms with Gasteiger partial charge in [-0.15, -0.1) is 0 Å². The van der Waals surface area contributed by atoms with Crippen LogP contribution in [-0.2, 0) is 15.0 Å². The van der Waals surface area contributed by atoms with E-state index in [1.165, 1.54) is 0 Å². The van der Waals surface area contributed by atoms with Crippen molar-refractivity contribution in [3.8, 4) is 11.5 Å². The molecule has 0 saturated heterocycles. The molecule has 0 aromatic heterocycles. The molecule has 0 aliphatic heterocycles. The summed E-state index contributed by atoms with van der Waals surface area (Å²) >= 11 is 7.36. The number of hydrogen-bond acceptors (Lipinski definition) is 6. The third kappa shape index (κ3) is 11.3. The number of carboxylic acids is 2. The second-order valence-electron chi connectivity index (χ2n) is 6.45. The molecule has 160 valence electrons. The molecule has 0 fully saturated rings. The van der Waals surface area contributed by atoms with Gasteiger partial charge in [-0.1, -0.05) is 38.1 Å². The van der Waals surface area contributed by atoms with Gasteiger partial charge in [0.15, 0.2) is 0 Å². The number of rotatable bonds is 6. The molecule has 29 heavy (non-hydrogen) atoms. The fraction of sp³-hybridized carbons (Fsp3) is 0.333. The number of aromatic hydroxyl groups is 2. The standard InChI is InChI=1S/C15H16O2.2C3H6O2S/c1-15(2,11-3-7-13(16)8-4-11)12-5-9-14(17)10-6-12;2*4-3(5)1-2-6/h3-10,16-17H,1-2H3;2*6H,1-2H2,(H,4,5). The summed E-state index contributed by atoms with van der Waals surface area (Å²) in [6.07, 6.45) is 0.312. The Hall–Kier alpha value is -2.32. The molecule has 0 aliphatic carbocycles. The minimum absolute atomic E-state index is 0.151. The normalized spacial score (nSPS) is 10.1. The van der Waals surface area contributed by atoms with Gasteiger partial charge in [-0.3, -0.25) is 9.59 Å². The summed E-state index contributed by atoms with van der Waals surface area (Å²) in [6.45, 7) is 4.23. The summed E-state index contributed by atoms with van der Waals surface area (Å²) in [4.78, 5) is 19.1. The smallest absolute Gasteiger partial charge is 0.304 e. The van der Waals surface area contributed by atoms with Crippen molar-refractivity contribution in [1.82, 2.24) is 0 Å². The first-order valence-electron chi connectivity index (χ1n) is 8.78. The molecule has 0 radical (unpaired) electrons. The van der Waals surface area contributed by atoms with E-state index in [0.717, 1.165) is 11.1 Å². The Morgan fingerprint density at radius 3 is 1.17 bits per heavy atom. The lowest BCUT2D eigenvalue weighted by atomic mass is 9.78. The molecule has 0 heterocycles. The summed E-state index contributed by atoms with van der Waals surface area (Å²) in [7, 11) is 0. The first-order valence-corrected chi connectivity index (χ1v) is 10.0. The highest BCUT2D eigenvalue weighted by atomic mass is 32.1. The molecular formula is C21H28O6S2. The van der Waals surface area contributed by atoms with Crippen LogP contribution in [0.2, 0.25) is 0 Å². The zero-order valence-electron chi connectivity index (χ0n) is 16.4. The third-order valence-corrected chi connectivity index (χ3v) is 4.28. The maximum Gasteiger partial charge on any atom is 0.304 e. The van der Waals surface area contributed by atoms with Crippen LogP contribution in [-0.4, -0.2) is 43.9 Å². The molecule has 0 amide bonds. The van der Waals surface area contributed by atoms with E-state index >= 15 is 0 Å². The van der Waals surface area contributed by atoms with Crippen molar-refractivity contribution in [2.24, 2.45) is 0 Å². The van der Waals surface area contributed by atoms with Crippen LogP contribution in [0.4, 0.5) is 0 Å². The number of benzene rings is 2. The quantitative estimate of drug-likeness (QED) is 0.375. The van der Waals surface area contributed by atoms with Crippen LogP contribution in [0.1, 0.15) is 37.8 Å². The lowest BCUT2D eigenvalue weighted by Crippen LogP contribution is -2.18. The molecule has 0 atom stereocenters. The van der Waals surface area contributed by atoms with Gasteiger partial charge in [-0.05, 0) is 35.4 Å². The largest absolute Gasteiger partial charge is 0.508 e. The van der Waals surface area contributed by atoms with E-state index in [2.05, 4.69) is 39.1 Å². The van der Waals surface area contributed by atoms with Crippen LogP contribution in [0.5, 0.6) is 11.5 Å². The average molecular weight is 441 g/mol. The molecule has 0 unspecified atom stereocenters. The zero-order chi connectivity index (χ0) is 22.4. The number of aliphatic carboxylic acids is 2. The lowest BCUT2D eigenvalue weighted by molar-refractivity contribution is -0.137. The monoisotopic (exact) mass is 440 g/mol. The molecule has 0 bridgehead atoms. The van der Waals surface area contributed by atoms with Crippen LogP contribution < -0.4 is 0 Å². The highest BCUT2D eigenvalue weighted by molar-refractivity contribution is 7.80. The molecule has 0 spiro atoms. The molecule has 6 nitrogen and oxygen atoms in total. The number of hydrogen-bond donors (Lipinski definition) is 6. The Morgan fingerprint density at radius 1 is 0.724 bits per heavy atom. The van der Waals surface area contributed by atoms with Crippen molar-refractivity contribution in [3.63, 3.8) is 0 Å². The second-order valence-corrected chi connectivity index (χ2v) is 7.35. The van der Waals surface area contributed by atoms with Gasteiger partial charge in [0.1, 0.15) is 11.5 Å². The number of phenols is 2. The van der Waals surface area contributed by atoms with Gasteiger partial charge in [0, 0.05) is 16.9 Å².